The van der Waals surface area contributed by atoms with Crippen LogP contribution >= 0.6 is 0 Å². The van der Waals surface area contributed by atoms with Crippen molar-refractivity contribution >= 4 is 22.6 Å². The number of fused-ring (bicyclic) bond motifs is 1. The predicted molar refractivity (Wildman–Crippen MR) is 92.8 cm³/mol. The Morgan fingerprint density at radius 2 is 2.04 bits per heavy atom. The molecule has 1 aliphatic carbocycles. The number of rotatable bonds is 3. The predicted octanol–water partition coefficient (Wildman–Crippen LogP) is 2.10. The summed E-state index contributed by atoms with van der Waals surface area (Å²) in [5, 5.41) is 9.40. The van der Waals surface area contributed by atoms with E-state index >= 15 is 0 Å². The van der Waals surface area contributed by atoms with Gasteiger partial charge in [0.25, 0.3) is 0 Å². The molecule has 2 aliphatic rings. The lowest BCUT2D eigenvalue weighted by atomic mass is 10.0. The first-order chi connectivity index (χ1) is 12.0. The standard InChI is InChI=1S/C18H20FN3O3/c19-14-6-12-15(7-16(14)21-5-1-2-10(20)8-21)22(11-3-4-11)9-13(17(12)23)18(24)25/h6-7,9-11H,1-5,8,20H2,(H,24,25). The molecule has 25 heavy (non-hydrogen) atoms. The third-order valence-electron chi connectivity index (χ3n) is 5.07. The van der Waals surface area contributed by atoms with Crippen molar-refractivity contribution in [3.05, 3.63) is 39.9 Å². The number of aromatic carboxylic acids is 1. The second-order valence-corrected chi connectivity index (χ2v) is 6.98. The molecular formula is C18H20FN3O3. The highest BCUT2D eigenvalue weighted by Gasteiger charge is 2.28. The zero-order valence-corrected chi connectivity index (χ0v) is 13.7. The molecule has 1 aliphatic heterocycles. The molecule has 1 aromatic carbocycles. The number of carboxylic acids is 1. The highest BCUT2D eigenvalue weighted by Crippen LogP contribution is 2.38. The van der Waals surface area contributed by atoms with Gasteiger partial charge in [-0.05, 0) is 37.8 Å². The van der Waals surface area contributed by atoms with Crippen molar-refractivity contribution in [2.24, 2.45) is 5.73 Å². The molecule has 2 heterocycles. The fraction of sp³-hybridized carbons (Fsp3) is 0.444. The summed E-state index contributed by atoms with van der Waals surface area (Å²) in [5.74, 6) is -1.80. The van der Waals surface area contributed by atoms with Gasteiger partial charge in [-0.25, -0.2) is 9.18 Å². The van der Waals surface area contributed by atoms with Gasteiger partial charge in [0, 0.05) is 36.8 Å². The Balaban J connectivity index is 1.92. The Labute approximate surface area is 143 Å². The van der Waals surface area contributed by atoms with Crippen LogP contribution in [0.25, 0.3) is 10.9 Å². The number of hydrogen-bond acceptors (Lipinski definition) is 4. The van der Waals surface area contributed by atoms with Crippen LogP contribution in [0.5, 0.6) is 0 Å². The van der Waals surface area contributed by atoms with Crippen LogP contribution in [0.15, 0.2) is 23.1 Å². The number of piperidine rings is 1. The van der Waals surface area contributed by atoms with Crippen LogP contribution in [0.1, 0.15) is 42.1 Å². The molecule has 7 heteroatoms. The molecule has 0 spiro atoms. The van der Waals surface area contributed by atoms with Gasteiger partial charge in [-0.15, -0.1) is 0 Å². The second kappa shape index (κ2) is 5.84. The van der Waals surface area contributed by atoms with Crippen molar-refractivity contribution < 1.29 is 14.3 Å². The van der Waals surface area contributed by atoms with Crippen molar-refractivity contribution in [2.75, 3.05) is 18.0 Å². The van der Waals surface area contributed by atoms with Gasteiger partial charge < -0.3 is 20.3 Å². The van der Waals surface area contributed by atoms with Gasteiger partial charge in [0.2, 0.25) is 5.43 Å². The first-order valence-electron chi connectivity index (χ1n) is 8.58. The van der Waals surface area contributed by atoms with E-state index in [1.807, 2.05) is 9.47 Å². The van der Waals surface area contributed by atoms with Gasteiger partial charge in [-0.2, -0.15) is 0 Å². The summed E-state index contributed by atoms with van der Waals surface area (Å²) in [6.07, 6.45) is 5.07. The number of pyridine rings is 1. The molecule has 3 N–H and O–H groups in total. The van der Waals surface area contributed by atoms with E-state index in [9.17, 15) is 19.1 Å². The van der Waals surface area contributed by atoms with Crippen LogP contribution < -0.4 is 16.1 Å². The van der Waals surface area contributed by atoms with E-state index in [0.717, 1.165) is 32.2 Å². The van der Waals surface area contributed by atoms with E-state index in [0.29, 0.717) is 17.7 Å². The van der Waals surface area contributed by atoms with E-state index < -0.39 is 17.2 Å². The molecule has 1 unspecified atom stereocenters. The number of anilines is 1. The Bertz CT molecular complexity index is 920. The van der Waals surface area contributed by atoms with E-state index in [1.54, 1.807) is 6.07 Å². The largest absolute Gasteiger partial charge is 0.477 e. The van der Waals surface area contributed by atoms with Crippen LogP contribution in [-0.4, -0.2) is 34.8 Å². The zero-order valence-electron chi connectivity index (χ0n) is 13.7. The molecular weight excluding hydrogens is 325 g/mol. The Morgan fingerprint density at radius 1 is 1.28 bits per heavy atom. The van der Waals surface area contributed by atoms with Crippen molar-refractivity contribution in [3.8, 4) is 0 Å². The molecule has 4 rings (SSSR count). The van der Waals surface area contributed by atoms with Gasteiger partial charge in [0.1, 0.15) is 11.4 Å². The van der Waals surface area contributed by atoms with Crippen molar-refractivity contribution in [3.63, 3.8) is 0 Å². The highest BCUT2D eigenvalue weighted by molar-refractivity contribution is 5.93. The molecule has 0 radical (unpaired) electrons. The minimum atomic E-state index is -1.28. The Morgan fingerprint density at radius 3 is 2.68 bits per heavy atom. The molecule has 1 atom stereocenters. The maximum atomic E-state index is 14.7. The Kier molecular flexibility index (Phi) is 3.76. The lowest BCUT2D eigenvalue weighted by molar-refractivity contribution is 0.0695. The Hall–Kier alpha value is -2.41. The van der Waals surface area contributed by atoms with Crippen molar-refractivity contribution in [2.45, 2.75) is 37.8 Å². The van der Waals surface area contributed by atoms with Crippen molar-refractivity contribution in [1.82, 2.24) is 4.57 Å². The van der Waals surface area contributed by atoms with Crippen LogP contribution in [0.2, 0.25) is 0 Å². The number of halogens is 1. The number of carbonyl (C=O) groups is 1. The van der Waals surface area contributed by atoms with Gasteiger partial charge in [-0.1, -0.05) is 0 Å². The quantitative estimate of drug-likeness (QED) is 0.889. The molecule has 2 aromatic rings. The molecule has 6 nitrogen and oxygen atoms in total. The first kappa shape index (κ1) is 16.1. The molecule has 1 aromatic heterocycles. The maximum absolute atomic E-state index is 14.7. The fourth-order valence-electron chi connectivity index (χ4n) is 3.64. The van der Waals surface area contributed by atoms with Gasteiger partial charge in [-0.3, -0.25) is 4.79 Å². The summed E-state index contributed by atoms with van der Waals surface area (Å²) in [6, 6.07) is 3.03. The smallest absolute Gasteiger partial charge is 0.341 e. The van der Waals surface area contributed by atoms with Crippen molar-refractivity contribution in [1.29, 1.82) is 0 Å². The minimum absolute atomic E-state index is 0.00357. The normalized spacial score (nSPS) is 20.9. The summed E-state index contributed by atoms with van der Waals surface area (Å²) in [7, 11) is 0. The van der Waals surface area contributed by atoms with E-state index in [4.69, 9.17) is 5.73 Å². The maximum Gasteiger partial charge on any atom is 0.341 e. The minimum Gasteiger partial charge on any atom is -0.477 e. The highest BCUT2D eigenvalue weighted by atomic mass is 19.1. The molecule has 0 amide bonds. The van der Waals surface area contributed by atoms with Gasteiger partial charge >= 0.3 is 5.97 Å². The van der Waals surface area contributed by atoms with E-state index in [1.165, 1.54) is 12.3 Å². The topological polar surface area (TPSA) is 88.6 Å². The number of nitrogens with zero attached hydrogens (tertiary/aromatic N) is 2. The summed E-state index contributed by atoms with van der Waals surface area (Å²) < 4.78 is 16.5. The summed E-state index contributed by atoms with van der Waals surface area (Å²) in [4.78, 5) is 25.7. The van der Waals surface area contributed by atoms with Crippen LogP contribution in [-0.2, 0) is 0 Å². The molecule has 1 saturated heterocycles. The summed E-state index contributed by atoms with van der Waals surface area (Å²) >= 11 is 0. The van der Waals surface area contributed by atoms with Gasteiger partial charge in [0.05, 0.1) is 11.2 Å². The monoisotopic (exact) mass is 345 g/mol. The zero-order chi connectivity index (χ0) is 17.7. The van der Waals surface area contributed by atoms with Gasteiger partial charge in [0.15, 0.2) is 0 Å². The molecule has 2 fully saturated rings. The third-order valence-corrected chi connectivity index (χ3v) is 5.07. The van der Waals surface area contributed by atoms with Crippen LogP contribution in [0.4, 0.5) is 10.1 Å². The molecule has 132 valence electrons. The number of hydrogen-bond donors (Lipinski definition) is 2. The van der Waals surface area contributed by atoms with E-state index in [2.05, 4.69) is 0 Å². The lowest BCUT2D eigenvalue weighted by Crippen LogP contribution is -2.43. The third kappa shape index (κ3) is 2.78. The van der Waals surface area contributed by atoms with Crippen LogP contribution in [0, 0.1) is 5.82 Å². The van der Waals surface area contributed by atoms with Crippen LogP contribution in [0.3, 0.4) is 0 Å². The summed E-state index contributed by atoms with van der Waals surface area (Å²) in [6.45, 7) is 1.29. The molecule has 0 bridgehead atoms. The number of carboxylic acid groups (broad SMARTS) is 1. The van der Waals surface area contributed by atoms with E-state index in [-0.39, 0.29) is 23.0 Å². The second-order valence-electron chi connectivity index (χ2n) is 6.98. The summed E-state index contributed by atoms with van der Waals surface area (Å²) in [5.41, 5.74) is 6.07. The first-order valence-corrected chi connectivity index (χ1v) is 8.58. The average molecular weight is 345 g/mol. The number of nitrogens with two attached hydrogens (primary N) is 1. The number of benzene rings is 1. The number of aromatic nitrogens is 1. The average Bonchev–Trinajstić information content (AvgIpc) is 3.39. The lowest BCUT2D eigenvalue weighted by Gasteiger charge is -2.33. The molecule has 1 saturated carbocycles. The fourth-order valence-corrected chi connectivity index (χ4v) is 3.64. The SMILES string of the molecule is NC1CCCN(c2cc3c(cc2F)c(=O)c(C(=O)O)cn3C2CC2)C1.